The fraction of sp³-hybridized carbons (Fsp3) is 0.600. The Bertz CT molecular complexity index is 230. The van der Waals surface area contributed by atoms with Crippen LogP contribution in [0.1, 0.15) is 27.7 Å². The maximum absolute atomic E-state index is 10.9. The Hall–Kier alpha value is -1.40. The number of carbonyl (C=O) groups is 2. The van der Waals surface area contributed by atoms with Crippen molar-refractivity contribution in [2.24, 2.45) is 0 Å². The summed E-state index contributed by atoms with van der Waals surface area (Å²) < 4.78 is 0. The second kappa shape index (κ2) is 7.84. The molecule has 0 amide bonds. The van der Waals surface area contributed by atoms with Gasteiger partial charge in [0.1, 0.15) is 0 Å². The van der Waals surface area contributed by atoms with Crippen molar-refractivity contribution in [3.05, 3.63) is 12.2 Å². The molecular weight excluding hydrogens is 216 g/mol. The number of carbonyl (C=O) groups excluding carboxylic acids is 2. The van der Waals surface area contributed by atoms with Gasteiger partial charge in [0.15, 0.2) is 0 Å². The highest BCUT2D eigenvalue weighted by Gasteiger charge is 2.04. The molecule has 0 saturated carbocycles. The zero-order valence-electron chi connectivity index (χ0n) is 9.76. The molecule has 6 nitrogen and oxygen atoms in total. The lowest BCUT2D eigenvalue weighted by atomic mass is 10.5. The summed E-state index contributed by atoms with van der Waals surface area (Å²) in [4.78, 5) is 39.5. The Kier molecular flexibility index (Phi) is 7.15. The third kappa shape index (κ3) is 9.17. The van der Waals surface area contributed by atoms with Crippen LogP contribution in [0.5, 0.6) is 0 Å². The SMILES string of the molecule is CC(C)OOC(=O)/C=C/C(=O)OOC(C)C. The summed E-state index contributed by atoms with van der Waals surface area (Å²) in [5.41, 5.74) is 0. The zero-order valence-corrected chi connectivity index (χ0v) is 9.76. The first kappa shape index (κ1) is 14.6. The molecule has 0 unspecified atom stereocenters. The maximum Gasteiger partial charge on any atom is 0.366 e. The fourth-order valence-electron chi connectivity index (χ4n) is 0.479. The predicted molar refractivity (Wildman–Crippen MR) is 53.8 cm³/mol. The van der Waals surface area contributed by atoms with Crippen LogP contribution in [0.25, 0.3) is 0 Å². The van der Waals surface area contributed by atoms with Crippen LogP contribution in [-0.4, -0.2) is 24.1 Å². The van der Waals surface area contributed by atoms with Crippen LogP contribution in [0.4, 0.5) is 0 Å². The van der Waals surface area contributed by atoms with E-state index in [1.807, 2.05) is 0 Å². The van der Waals surface area contributed by atoms with Crippen molar-refractivity contribution in [1.82, 2.24) is 0 Å². The highest BCUT2D eigenvalue weighted by molar-refractivity contribution is 5.91. The fourth-order valence-corrected chi connectivity index (χ4v) is 0.479. The summed E-state index contributed by atoms with van der Waals surface area (Å²) in [6.07, 6.45) is 1.28. The largest absolute Gasteiger partial charge is 0.366 e. The molecule has 0 aromatic heterocycles. The molecule has 6 heteroatoms. The first-order chi connectivity index (χ1) is 7.41. The van der Waals surface area contributed by atoms with Crippen LogP contribution < -0.4 is 0 Å². The quantitative estimate of drug-likeness (QED) is 0.390. The summed E-state index contributed by atoms with van der Waals surface area (Å²) >= 11 is 0. The van der Waals surface area contributed by atoms with Gasteiger partial charge < -0.3 is 0 Å². The van der Waals surface area contributed by atoms with E-state index in [9.17, 15) is 9.59 Å². The van der Waals surface area contributed by atoms with Gasteiger partial charge in [-0.15, -0.1) is 0 Å². The average molecular weight is 232 g/mol. The van der Waals surface area contributed by atoms with E-state index in [0.29, 0.717) is 0 Å². The van der Waals surface area contributed by atoms with Crippen LogP contribution in [-0.2, 0) is 29.1 Å². The molecule has 0 N–H and O–H groups in total. The first-order valence-corrected chi connectivity index (χ1v) is 4.84. The number of hydrogen-bond donors (Lipinski definition) is 0. The Balaban J connectivity index is 3.80. The molecule has 0 radical (unpaired) electrons. The molecule has 0 spiro atoms. The van der Waals surface area contributed by atoms with Gasteiger partial charge >= 0.3 is 11.9 Å². The molecule has 0 bridgehead atoms. The van der Waals surface area contributed by atoms with Crippen molar-refractivity contribution in [3.63, 3.8) is 0 Å². The molecule has 0 fully saturated rings. The van der Waals surface area contributed by atoms with Crippen molar-refractivity contribution in [2.45, 2.75) is 39.9 Å². The lowest BCUT2D eigenvalue weighted by Gasteiger charge is -2.04. The van der Waals surface area contributed by atoms with Gasteiger partial charge in [-0.2, -0.15) is 9.78 Å². The van der Waals surface area contributed by atoms with E-state index in [4.69, 9.17) is 0 Å². The Morgan fingerprint density at radius 3 is 1.38 bits per heavy atom. The third-order valence-corrected chi connectivity index (χ3v) is 1.00. The van der Waals surface area contributed by atoms with Crippen molar-refractivity contribution >= 4 is 11.9 Å². The molecule has 0 aliphatic rings. The van der Waals surface area contributed by atoms with Crippen LogP contribution in [0.2, 0.25) is 0 Å². The van der Waals surface area contributed by atoms with Gasteiger partial charge in [0.2, 0.25) is 0 Å². The maximum atomic E-state index is 10.9. The monoisotopic (exact) mass is 232 g/mol. The van der Waals surface area contributed by atoms with Crippen molar-refractivity contribution in [2.75, 3.05) is 0 Å². The van der Waals surface area contributed by atoms with E-state index in [2.05, 4.69) is 19.6 Å². The molecule has 0 atom stereocenters. The standard InChI is InChI=1S/C10H16O6/c1-7(2)13-15-9(11)5-6-10(12)16-14-8(3)4/h5-8H,1-4H3/b6-5+. The minimum Gasteiger partial charge on any atom is -0.293 e. The van der Waals surface area contributed by atoms with E-state index in [-0.39, 0.29) is 12.2 Å². The van der Waals surface area contributed by atoms with Gasteiger partial charge in [-0.05, 0) is 27.7 Å². The Morgan fingerprint density at radius 1 is 0.812 bits per heavy atom. The number of rotatable bonds is 6. The van der Waals surface area contributed by atoms with E-state index in [0.717, 1.165) is 12.2 Å². The molecule has 0 aliphatic carbocycles. The van der Waals surface area contributed by atoms with Gasteiger partial charge in [-0.25, -0.2) is 9.59 Å². The summed E-state index contributed by atoms with van der Waals surface area (Å²) in [5.74, 6) is -1.59. The van der Waals surface area contributed by atoms with Crippen molar-refractivity contribution in [3.8, 4) is 0 Å². The number of hydrogen-bond acceptors (Lipinski definition) is 6. The summed E-state index contributed by atoms with van der Waals surface area (Å²) in [6.45, 7) is 6.78. The minimum atomic E-state index is -0.796. The second-order valence-electron chi connectivity index (χ2n) is 3.43. The summed E-state index contributed by atoms with van der Waals surface area (Å²) in [5, 5.41) is 0. The van der Waals surface area contributed by atoms with Gasteiger partial charge in [-0.3, -0.25) is 9.78 Å². The molecule has 0 heterocycles. The highest BCUT2D eigenvalue weighted by Crippen LogP contribution is 1.93. The summed E-state index contributed by atoms with van der Waals surface area (Å²) in [7, 11) is 0. The zero-order chi connectivity index (χ0) is 12.6. The molecule has 16 heavy (non-hydrogen) atoms. The van der Waals surface area contributed by atoms with E-state index in [1.54, 1.807) is 27.7 Å². The van der Waals surface area contributed by atoms with Crippen molar-refractivity contribution in [1.29, 1.82) is 0 Å². The molecule has 0 aliphatic heterocycles. The normalized spacial score (nSPS) is 11.1. The van der Waals surface area contributed by atoms with Crippen LogP contribution in [0.3, 0.4) is 0 Å². The van der Waals surface area contributed by atoms with Gasteiger partial charge in [0.05, 0.1) is 12.2 Å². The second-order valence-corrected chi connectivity index (χ2v) is 3.43. The predicted octanol–water partition coefficient (Wildman–Crippen LogP) is 1.31. The van der Waals surface area contributed by atoms with E-state index in [1.165, 1.54) is 0 Å². The molecule has 0 aromatic carbocycles. The average Bonchev–Trinajstić information content (AvgIpc) is 2.20. The lowest BCUT2D eigenvalue weighted by molar-refractivity contribution is -0.288. The lowest BCUT2D eigenvalue weighted by Crippen LogP contribution is -2.10. The Labute approximate surface area is 94.0 Å². The van der Waals surface area contributed by atoms with Gasteiger partial charge in [-0.1, -0.05) is 0 Å². The minimum absolute atomic E-state index is 0.242. The topological polar surface area (TPSA) is 71.1 Å². The van der Waals surface area contributed by atoms with E-state index < -0.39 is 11.9 Å². The Morgan fingerprint density at radius 2 is 1.12 bits per heavy atom. The highest BCUT2D eigenvalue weighted by atomic mass is 17.2. The van der Waals surface area contributed by atoms with Gasteiger partial charge in [0.25, 0.3) is 0 Å². The molecule has 0 aromatic rings. The van der Waals surface area contributed by atoms with Gasteiger partial charge in [0, 0.05) is 12.2 Å². The summed E-state index contributed by atoms with van der Waals surface area (Å²) in [6, 6.07) is 0. The van der Waals surface area contributed by atoms with Crippen LogP contribution in [0.15, 0.2) is 12.2 Å². The smallest absolute Gasteiger partial charge is 0.293 e. The molecule has 92 valence electrons. The first-order valence-electron chi connectivity index (χ1n) is 4.84. The van der Waals surface area contributed by atoms with Crippen molar-refractivity contribution < 1.29 is 29.1 Å². The van der Waals surface area contributed by atoms with Crippen LogP contribution in [0, 0.1) is 0 Å². The third-order valence-electron chi connectivity index (χ3n) is 1.00. The molecule has 0 rings (SSSR count). The van der Waals surface area contributed by atoms with E-state index >= 15 is 0 Å². The molecule has 0 saturated heterocycles. The molecular formula is C10H16O6. The van der Waals surface area contributed by atoms with Crippen LogP contribution >= 0.6 is 0 Å².